The molecule has 23 heavy (non-hydrogen) atoms. The molecule has 116 valence electrons. The first kappa shape index (κ1) is 15.2. The first-order valence-electron chi connectivity index (χ1n) is 7.83. The van der Waals surface area contributed by atoms with Gasteiger partial charge in [-0.05, 0) is 37.5 Å². The van der Waals surface area contributed by atoms with E-state index in [1.54, 1.807) is 0 Å². The lowest BCUT2D eigenvalue weighted by Crippen LogP contribution is -2.24. The number of aryl methyl sites for hydroxylation is 3. The van der Waals surface area contributed by atoms with Crippen molar-refractivity contribution in [2.75, 3.05) is 0 Å². The summed E-state index contributed by atoms with van der Waals surface area (Å²) in [6, 6.07) is 16.5. The van der Waals surface area contributed by atoms with E-state index < -0.39 is 0 Å². The van der Waals surface area contributed by atoms with E-state index in [-0.39, 0.29) is 5.91 Å². The van der Waals surface area contributed by atoms with Crippen LogP contribution in [0.25, 0.3) is 6.08 Å². The molecule has 3 heteroatoms. The number of nitrogens with zero attached hydrogens (tertiary/aromatic N) is 1. The van der Waals surface area contributed by atoms with E-state index in [1.165, 1.54) is 16.7 Å². The van der Waals surface area contributed by atoms with Crippen LogP contribution in [0.4, 0.5) is 0 Å². The van der Waals surface area contributed by atoms with Crippen LogP contribution in [-0.2, 0) is 11.2 Å². The maximum absolute atomic E-state index is 12.0. The summed E-state index contributed by atoms with van der Waals surface area (Å²) in [5.74, 6) is 0.624. The predicted octanol–water partition coefficient (Wildman–Crippen LogP) is 3.81. The van der Waals surface area contributed by atoms with Gasteiger partial charge < -0.3 is 5.32 Å². The molecule has 0 atom stereocenters. The van der Waals surface area contributed by atoms with E-state index >= 15 is 0 Å². The third kappa shape index (κ3) is 3.95. The molecule has 0 spiro atoms. The normalized spacial score (nSPS) is 15.7. The summed E-state index contributed by atoms with van der Waals surface area (Å²) >= 11 is 0. The van der Waals surface area contributed by atoms with Crippen molar-refractivity contribution in [2.45, 2.75) is 26.7 Å². The van der Waals surface area contributed by atoms with Gasteiger partial charge in [-0.25, -0.2) is 4.99 Å². The number of amides is 1. The van der Waals surface area contributed by atoms with Gasteiger partial charge in [-0.15, -0.1) is 0 Å². The summed E-state index contributed by atoms with van der Waals surface area (Å²) in [5, 5.41) is 2.86. The van der Waals surface area contributed by atoms with Crippen LogP contribution in [0.15, 0.2) is 59.2 Å². The monoisotopic (exact) mass is 304 g/mol. The third-order valence-corrected chi connectivity index (χ3v) is 3.90. The molecular formula is C20H20N2O. The highest BCUT2D eigenvalue weighted by Crippen LogP contribution is 2.15. The van der Waals surface area contributed by atoms with Crippen LogP contribution < -0.4 is 5.32 Å². The minimum Gasteiger partial charge on any atom is -0.309 e. The molecule has 0 unspecified atom stereocenters. The second kappa shape index (κ2) is 6.61. The van der Waals surface area contributed by atoms with Gasteiger partial charge in [0.15, 0.2) is 0 Å². The van der Waals surface area contributed by atoms with Crippen molar-refractivity contribution >= 4 is 17.8 Å². The zero-order chi connectivity index (χ0) is 16.2. The second-order valence-electron chi connectivity index (χ2n) is 5.94. The number of nitrogens with one attached hydrogen (secondary N) is 1. The molecule has 1 aliphatic rings. The predicted molar refractivity (Wildman–Crippen MR) is 94.2 cm³/mol. The lowest BCUT2D eigenvalue weighted by atomic mass is 10.1. The maximum Gasteiger partial charge on any atom is 0.275 e. The molecule has 0 fully saturated rings. The molecule has 3 nitrogen and oxygen atoms in total. The molecule has 1 heterocycles. The first-order chi connectivity index (χ1) is 11.1. The maximum atomic E-state index is 12.0. The molecule has 0 aliphatic carbocycles. The average molecular weight is 304 g/mol. The number of aliphatic imine (C=N–C) groups is 1. The zero-order valence-corrected chi connectivity index (χ0v) is 13.5. The topological polar surface area (TPSA) is 41.5 Å². The Morgan fingerprint density at radius 1 is 0.913 bits per heavy atom. The van der Waals surface area contributed by atoms with E-state index in [1.807, 2.05) is 37.3 Å². The Labute approximate surface area is 136 Å². The van der Waals surface area contributed by atoms with Crippen LogP contribution in [0.5, 0.6) is 0 Å². The van der Waals surface area contributed by atoms with E-state index in [9.17, 15) is 4.79 Å². The van der Waals surface area contributed by atoms with Crippen molar-refractivity contribution in [1.82, 2.24) is 5.32 Å². The number of amidine groups is 1. The Balaban J connectivity index is 1.68. The third-order valence-electron chi connectivity index (χ3n) is 3.90. The van der Waals surface area contributed by atoms with Gasteiger partial charge >= 0.3 is 0 Å². The molecule has 1 N–H and O–H groups in total. The minimum absolute atomic E-state index is 0.121. The smallest absolute Gasteiger partial charge is 0.275 e. The van der Waals surface area contributed by atoms with E-state index in [0.29, 0.717) is 5.70 Å². The molecule has 0 bridgehead atoms. The number of benzene rings is 2. The summed E-state index contributed by atoms with van der Waals surface area (Å²) in [4.78, 5) is 16.5. The van der Waals surface area contributed by atoms with Crippen molar-refractivity contribution < 1.29 is 4.79 Å². The summed E-state index contributed by atoms with van der Waals surface area (Å²) in [6.45, 7) is 4.12. The Hall–Kier alpha value is -2.68. The van der Waals surface area contributed by atoms with Crippen molar-refractivity contribution in [3.05, 3.63) is 76.5 Å². The molecule has 0 saturated heterocycles. The summed E-state index contributed by atoms with van der Waals surface area (Å²) in [6.07, 6.45) is 3.44. The Bertz CT molecular complexity index is 768. The standard InChI is InChI=1S/C20H20N2O/c1-14-3-7-16(8-4-14)11-12-19-21-18(20(23)22-19)13-17-9-5-15(2)6-10-17/h3-10,13H,11-12H2,1-2H3,(H,21,22,23)/b18-13+. The Kier molecular flexibility index (Phi) is 4.38. The largest absolute Gasteiger partial charge is 0.309 e. The highest BCUT2D eigenvalue weighted by molar-refractivity contribution is 6.14. The summed E-state index contributed by atoms with van der Waals surface area (Å²) in [7, 11) is 0. The average Bonchev–Trinajstić information content (AvgIpc) is 2.89. The highest BCUT2D eigenvalue weighted by atomic mass is 16.2. The molecule has 1 amide bonds. The fraction of sp³-hybridized carbons (Fsp3) is 0.200. The molecule has 3 rings (SSSR count). The quantitative estimate of drug-likeness (QED) is 0.858. The van der Waals surface area contributed by atoms with Gasteiger partial charge in [0.25, 0.3) is 5.91 Å². The van der Waals surface area contributed by atoms with Crippen molar-refractivity contribution in [2.24, 2.45) is 4.99 Å². The van der Waals surface area contributed by atoms with Crippen molar-refractivity contribution in [3.63, 3.8) is 0 Å². The molecule has 1 aliphatic heterocycles. The van der Waals surface area contributed by atoms with Crippen LogP contribution in [0.3, 0.4) is 0 Å². The fourth-order valence-electron chi connectivity index (χ4n) is 2.47. The number of carbonyl (C=O) groups excluding carboxylic acids is 1. The first-order valence-corrected chi connectivity index (χ1v) is 7.83. The molecule has 2 aromatic carbocycles. The van der Waals surface area contributed by atoms with Gasteiger partial charge in [0.05, 0.1) is 0 Å². The lowest BCUT2D eigenvalue weighted by Gasteiger charge is -2.02. The molecule has 2 aromatic rings. The minimum atomic E-state index is -0.121. The van der Waals surface area contributed by atoms with Crippen molar-refractivity contribution in [1.29, 1.82) is 0 Å². The fourth-order valence-corrected chi connectivity index (χ4v) is 2.47. The van der Waals surface area contributed by atoms with Crippen LogP contribution >= 0.6 is 0 Å². The molecular weight excluding hydrogens is 284 g/mol. The van der Waals surface area contributed by atoms with Gasteiger partial charge in [-0.3, -0.25) is 4.79 Å². The Morgan fingerprint density at radius 2 is 1.52 bits per heavy atom. The SMILES string of the molecule is Cc1ccc(/C=C2/N=C(CCc3ccc(C)cc3)NC2=O)cc1. The van der Waals surface area contributed by atoms with Crippen LogP contribution in [-0.4, -0.2) is 11.7 Å². The highest BCUT2D eigenvalue weighted by Gasteiger charge is 2.19. The summed E-state index contributed by atoms with van der Waals surface area (Å²) < 4.78 is 0. The number of carbonyl (C=O) groups is 1. The lowest BCUT2D eigenvalue weighted by molar-refractivity contribution is -0.115. The summed E-state index contributed by atoms with van der Waals surface area (Å²) in [5.41, 5.74) is 5.18. The van der Waals surface area contributed by atoms with Crippen LogP contribution in [0, 0.1) is 13.8 Å². The Morgan fingerprint density at radius 3 is 2.17 bits per heavy atom. The van der Waals surface area contributed by atoms with Gasteiger partial charge in [0, 0.05) is 6.42 Å². The number of rotatable bonds is 4. The zero-order valence-electron chi connectivity index (χ0n) is 13.5. The molecule has 0 radical (unpaired) electrons. The van der Waals surface area contributed by atoms with Crippen LogP contribution in [0.2, 0.25) is 0 Å². The van der Waals surface area contributed by atoms with Crippen LogP contribution in [0.1, 0.15) is 28.7 Å². The van der Waals surface area contributed by atoms with Gasteiger partial charge in [-0.2, -0.15) is 0 Å². The van der Waals surface area contributed by atoms with Gasteiger partial charge in [0.1, 0.15) is 11.5 Å². The van der Waals surface area contributed by atoms with E-state index in [2.05, 4.69) is 41.5 Å². The number of hydrogen-bond acceptors (Lipinski definition) is 2. The van der Waals surface area contributed by atoms with Crippen molar-refractivity contribution in [3.8, 4) is 0 Å². The second-order valence-corrected chi connectivity index (χ2v) is 5.94. The number of hydrogen-bond donors (Lipinski definition) is 1. The molecule has 0 aromatic heterocycles. The van der Waals surface area contributed by atoms with E-state index in [4.69, 9.17) is 0 Å². The van der Waals surface area contributed by atoms with Gasteiger partial charge in [0.2, 0.25) is 0 Å². The van der Waals surface area contributed by atoms with Gasteiger partial charge in [-0.1, -0.05) is 59.7 Å². The van der Waals surface area contributed by atoms with E-state index in [0.717, 1.165) is 24.2 Å². The molecule has 0 saturated carbocycles.